The van der Waals surface area contributed by atoms with E-state index in [1.807, 2.05) is 4.90 Å². The molecule has 24 heavy (non-hydrogen) atoms. The van der Waals surface area contributed by atoms with Crippen LogP contribution in [0.5, 0.6) is 0 Å². The molecule has 0 N–H and O–H groups in total. The molecule has 1 aromatic heterocycles. The number of aromatic nitrogens is 3. The van der Waals surface area contributed by atoms with E-state index in [0.717, 1.165) is 31.7 Å². The van der Waals surface area contributed by atoms with Gasteiger partial charge in [0.2, 0.25) is 0 Å². The SMILES string of the molecule is O=C(c1cn(Cc2ccc(F)cc2)nn1)N1CCN2CCC[C@H]2C1. The lowest BCUT2D eigenvalue weighted by molar-refractivity contribution is 0.0565. The van der Waals surface area contributed by atoms with Crippen molar-refractivity contribution in [1.82, 2.24) is 24.8 Å². The van der Waals surface area contributed by atoms with Gasteiger partial charge < -0.3 is 4.90 Å². The van der Waals surface area contributed by atoms with E-state index in [1.165, 1.54) is 25.0 Å². The second kappa shape index (κ2) is 6.32. The first-order chi connectivity index (χ1) is 11.7. The van der Waals surface area contributed by atoms with Crippen LogP contribution in [0, 0.1) is 5.82 Å². The van der Waals surface area contributed by atoms with E-state index in [0.29, 0.717) is 18.3 Å². The van der Waals surface area contributed by atoms with Crippen molar-refractivity contribution in [2.45, 2.75) is 25.4 Å². The molecule has 2 aromatic rings. The number of hydrogen-bond donors (Lipinski definition) is 0. The molecule has 1 atom stereocenters. The van der Waals surface area contributed by atoms with Crippen LogP contribution in [0.2, 0.25) is 0 Å². The third-order valence-electron chi connectivity index (χ3n) is 4.89. The summed E-state index contributed by atoms with van der Waals surface area (Å²) >= 11 is 0. The molecule has 0 aliphatic carbocycles. The van der Waals surface area contributed by atoms with E-state index in [1.54, 1.807) is 23.0 Å². The molecule has 0 saturated carbocycles. The van der Waals surface area contributed by atoms with E-state index in [2.05, 4.69) is 15.2 Å². The van der Waals surface area contributed by atoms with Crippen LogP contribution in [0.15, 0.2) is 30.5 Å². The fourth-order valence-corrected chi connectivity index (χ4v) is 3.59. The van der Waals surface area contributed by atoms with Gasteiger partial charge in [-0.3, -0.25) is 9.69 Å². The van der Waals surface area contributed by atoms with Crippen molar-refractivity contribution in [3.05, 3.63) is 47.5 Å². The molecular weight excluding hydrogens is 309 g/mol. The third-order valence-corrected chi connectivity index (χ3v) is 4.89. The summed E-state index contributed by atoms with van der Waals surface area (Å²) in [7, 11) is 0. The number of halogens is 1. The Bertz CT molecular complexity index is 729. The summed E-state index contributed by atoms with van der Waals surface area (Å²) in [5.41, 5.74) is 1.29. The van der Waals surface area contributed by atoms with E-state index in [-0.39, 0.29) is 11.7 Å². The van der Waals surface area contributed by atoms with Gasteiger partial charge in [0, 0.05) is 25.7 Å². The molecule has 2 aliphatic heterocycles. The first-order valence-corrected chi connectivity index (χ1v) is 8.37. The second-order valence-corrected chi connectivity index (χ2v) is 6.51. The molecule has 7 heteroatoms. The first kappa shape index (κ1) is 15.3. The summed E-state index contributed by atoms with van der Waals surface area (Å²) in [6, 6.07) is 6.74. The van der Waals surface area contributed by atoms with Crippen LogP contribution in [0.3, 0.4) is 0 Å². The molecule has 6 nitrogen and oxygen atoms in total. The molecule has 2 aliphatic rings. The number of hydrogen-bond acceptors (Lipinski definition) is 4. The van der Waals surface area contributed by atoms with Gasteiger partial charge in [0.15, 0.2) is 5.69 Å². The minimum Gasteiger partial charge on any atom is -0.334 e. The maximum atomic E-state index is 12.9. The minimum absolute atomic E-state index is 0.0492. The number of fused-ring (bicyclic) bond motifs is 1. The maximum absolute atomic E-state index is 12.9. The van der Waals surface area contributed by atoms with Gasteiger partial charge in [-0.25, -0.2) is 9.07 Å². The molecule has 2 saturated heterocycles. The lowest BCUT2D eigenvalue weighted by Crippen LogP contribution is -2.52. The van der Waals surface area contributed by atoms with Crippen LogP contribution in [-0.2, 0) is 6.54 Å². The Labute approximate surface area is 139 Å². The lowest BCUT2D eigenvalue weighted by Gasteiger charge is -2.37. The number of carbonyl (C=O) groups is 1. The van der Waals surface area contributed by atoms with Crippen molar-refractivity contribution in [2.75, 3.05) is 26.2 Å². The molecule has 0 unspecified atom stereocenters. The van der Waals surface area contributed by atoms with E-state index >= 15 is 0 Å². The van der Waals surface area contributed by atoms with E-state index in [4.69, 9.17) is 0 Å². The summed E-state index contributed by atoms with van der Waals surface area (Å²) in [5.74, 6) is -0.314. The van der Waals surface area contributed by atoms with Crippen molar-refractivity contribution in [1.29, 1.82) is 0 Å². The predicted molar refractivity (Wildman–Crippen MR) is 86.0 cm³/mol. The van der Waals surface area contributed by atoms with Gasteiger partial charge in [0.1, 0.15) is 5.82 Å². The van der Waals surface area contributed by atoms with Crippen LogP contribution in [0.25, 0.3) is 0 Å². The highest BCUT2D eigenvalue weighted by Gasteiger charge is 2.33. The summed E-state index contributed by atoms with van der Waals surface area (Å²) in [5, 5.41) is 8.06. The van der Waals surface area contributed by atoms with Crippen LogP contribution in [-0.4, -0.2) is 62.9 Å². The standard InChI is InChI=1S/C17H20FN5O/c18-14-5-3-13(4-6-14)10-23-12-16(19-20-23)17(24)22-9-8-21-7-1-2-15(21)11-22/h3-6,12,15H,1-2,7-11H2/t15-/m0/s1. The average Bonchev–Trinajstić information content (AvgIpc) is 3.24. The smallest absolute Gasteiger partial charge is 0.276 e. The van der Waals surface area contributed by atoms with E-state index in [9.17, 15) is 9.18 Å². The second-order valence-electron chi connectivity index (χ2n) is 6.51. The Hall–Kier alpha value is -2.28. The Balaban J connectivity index is 1.42. The Morgan fingerprint density at radius 2 is 2.04 bits per heavy atom. The zero-order chi connectivity index (χ0) is 16.5. The fraction of sp³-hybridized carbons (Fsp3) is 0.471. The monoisotopic (exact) mass is 329 g/mol. The van der Waals surface area contributed by atoms with Gasteiger partial charge in [-0.05, 0) is 37.1 Å². The van der Waals surface area contributed by atoms with Crippen molar-refractivity contribution in [3.8, 4) is 0 Å². The Morgan fingerprint density at radius 1 is 1.21 bits per heavy atom. The van der Waals surface area contributed by atoms with Crippen LogP contribution in [0.4, 0.5) is 4.39 Å². The Kier molecular flexibility index (Phi) is 4.02. The van der Waals surface area contributed by atoms with Gasteiger partial charge in [-0.1, -0.05) is 17.3 Å². The lowest BCUT2D eigenvalue weighted by atomic mass is 10.1. The minimum atomic E-state index is -0.265. The van der Waals surface area contributed by atoms with Crippen LogP contribution in [0.1, 0.15) is 28.9 Å². The van der Waals surface area contributed by atoms with Gasteiger partial charge in [0.05, 0.1) is 12.7 Å². The van der Waals surface area contributed by atoms with Crippen molar-refractivity contribution < 1.29 is 9.18 Å². The highest BCUT2D eigenvalue weighted by molar-refractivity contribution is 5.92. The van der Waals surface area contributed by atoms with Crippen molar-refractivity contribution in [2.24, 2.45) is 0 Å². The quantitative estimate of drug-likeness (QED) is 0.854. The number of rotatable bonds is 3. The third kappa shape index (κ3) is 3.03. The molecule has 126 valence electrons. The summed E-state index contributed by atoms with van der Waals surface area (Å²) in [4.78, 5) is 17.0. The van der Waals surface area contributed by atoms with Gasteiger partial charge >= 0.3 is 0 Å². The van der Waals surface area contributed by atoms with Gasteiger partial charge in [-0.2, -0.15) is 0 Å². The number of benzene rings is 1. The number of carbonyl (C=O) groups excluding carboxylic acids is 1. The average molecular weight is 329 g/mol. The summed E-state index contributed by atoms with van der Waals surface area (Å²) in [6.07, 6.45) is 4.06. The molecule has 0 bridgehead atoms. The summed E-state index contributed by atoms with van der Waals surface area (Å²) < 4.78 is 14.6. The van der Waals surface area contributed by atoms with Crippen LogP contribution < -0.4 is 0 Å². The van der Waals surface area contributed by atoms with Gasteiger partial charge in [-0.15, -0.1) is 5.10 Å². The van der Waals surface area contributed by atoms with E-state index < -0.39 is 0 Å². The molecule has 0 radical (unpaired) electrons. The molecule has 0 spiro atoms. The molecule has 1 amide bonds. The van der Waals surface area contributed by atoms with Gasteiger partial charge in [0.25, 0.3) is 5.91 Å². The van der Waals surface area contributed by atoms with Crippen molar-refractivity contribution in [3.63, 3.8) is 0 Å². The van der Waals surface area contributed by atoms with Crippen LogP contribution >= 0.6 is 0 Å². The topological polar surface area (TPSA) is 54.3 Å². The first-order valence-electron chi connectivity index (χ1n) is 8.37. The highest BCUT2D eigenvalue weighted by Crippen LogP contribution is 2.22. The number of amides is 1. The molecular formula is C17H20FN5O. The summed E-state index contributed by atoms with van der Waals surface area (Å²) in [6.45, 7) is 4.10. The normalized spacial score (nSPS) is 21.0. The Morgan fingerprint density at radius 3 is 2.88 bits per heavy atom. The van der Waals surface area contributed by atoms with Crippen molar-refractivity contribution >= 4 is 5.91 Å². The maximum Gasteiger partial charge on any atom is 0.276 e. The molecule has 1 aromatic carbocycles. The predicted octanol–water partition coefficient (Wildman–Crippen LogP) is 1.39. The zero-order valence-electron chi connectivity index (χ0n) is 13.4. The molecule has 2 fully saturated rings. The fourth-order valence-electron chi connectivity index (χ4n) is 3.59. The zero-order valence-corrected chi connectivity index (χ0v) is 13.4. The molecule has 4 rings (SSSR count). The largest absolute Gasteiger partial charge is 0.334 e. The number of piperazine rings is 1. The number of nitrogens with zero attached hydrogens (tertiary/aromatic N) is 5. The molecule has 3 heterocycles. The highest BCUT2D eigenvalue weighted by atomic mass is 19.1.